The zero-order valence-electron chi connectivity index (χ0n) is 9.59. The van der Waals surface area contributed by atoms with Gasteiger partial charge in [0.15, 0.2) is 5.82 Å². The highest BCUT2D eigenvalue weighted by Crippen LogP contribution is 2.27. The predicted molar refractivity (Wildman–Crippen MR) is 63.6 cm³/mol. The quantitative estimate of drug-likeness (QED) is 0.623. The minimum atomic E-state index is -0.688. The standard InChI is InChI=1S/C12H13F2N3/c1-6(2)9-4-7-3-8(13)5-10(14)11(7)16-12(9)17-15/h3-6H,15H2,1-2H3,(H,16,17). The zero-order chi connectivity index (χ0) is 12.6. The highest BCUT2D eigenvalue weighted by Gasteiger charge is 2.12. The maximum Gasteiger partial charge on any atom is 0.152 e. The summed E-state index contributed by atoms with van der Waals surface area (Å²) in [6.07, 6.45) is 0. The Kier molecular flexibility index (Phi) is 2.93. The van der Waals surface area contributed by atoms with Crippen LogP contribution < -0.4 is 11.3 Å². The molecule has 5 heteroatoms. The number of anilines is 1. The second-order valence-corrected chi connectivity index (χ2v) is 4.18. The number of benzene rings is 1. The molecule has 0 aliphatic carbocycles. The highest BCUT2D eigenvalue weighted by molar-refractivity contribution is 5.82. The summed E-state index contributed by atoms with van der Waals surface area (Å²) in [5.41, 5.74) is 3.38. The Morgan fingerprint density at radius 2 is 1.94 bits per heavy atom. The fourth-order valence-electron chi connectivity index (χ4n) is 1.78. The lowest BCUT2D eigenvalue weighted by Crippen LogP contribution is -2.12. The number of aromatic nitrogens is 1. The van der Waals surface area contributed by atoms with Gasteiger partial charge in [-0.15, -0.1) is 0 Å². The van der Waals surface area contributed by atoms with E-state index in [4.69, 9.17) is 5.84 Å². The molecule has 0 saturated carbocycles. The highest BCUT2D eigenvalue weighted by atomic mass is 19.1. The van der Waals surface area contributed by atoms with E-state index in [2.05, 4.69) is 10.4 Å². The van der Waals surface area contributed by atoms with Crippen molar-refractivity contribution in [1.82, 2.24) is 4.98 Å². The van der Waals surface area contributed by atoms with Crippen LogP contribution in [-0.2, 0) is 0 Å². The van der Waals surface area contributed by atoms with Crippen molar-refractivity contribution in [2.75, 3.05) is 5.43 Å². The topological polar surface area (TPSA) is 50.9 Å². The predicted octanol–water partition coefficient (Wildman–Crippen LogP) is 2.92. The number of nitrogens with two attached hydrogens (primary N) is 1. The summed E-state index contributed by atoms with van der Waals surface area (Å²) >= 11 is 0. The van der Waals surface area contributed by atoms with Crippen LogP contribution >= 0.6 is 0 Å². The van der Waals surface area contributed by atoms with Gasteiger partial charge >= 0.3 is 0 Å². The first-order valence-electron chi connectivity index (χ1n) is 5.29. The van der Waals surface area contributed by atoms with Crippen molar-refractivity contribution in [1.29, 1.82) is 0 Å². The molecule has 0 unspecified atom stereocenters. The normalized spacial score (nSPS) is 11.2. The molecule has 0 atom stereocenters. The number of hydrogen-bond donors (Lipinski definition) is 2. The number of pyridine rings is 1. The molecule has 0 saturated heterocycles. The second-order valence-electron chi connectivity index (χ2n) is 4.18. The lowest BCUT2D eigenvalue weighted by molar-refractivity contribution is 0.590. The van der Waals surface area contributed by atoms with Crippen molar-refractivity contribution in [3.05, 3.63) is 35.4 Å². The van der Waals surface area contributed by atoms with Crippen LogP contribution in [0.5, 0.6) is 0 Å². The summed E-state index contributed by atoms with van der Waals surface area (Å²) in [7, 11) is 0. The molecule has 2 aromatic rings. The summed E-state index contributed by atoms with van der Waals surface area (Å²) < 4.78 is 26.6. The van der Waals surface area contributed by atoms with E-state index in [0.29, 0.717) is 11.2 Å². The van der Waals surface area contributed by atoms with Gasteiger partial charge in [0.2, 0.25) is 0 Å². The van der Waals surface area contributed by atoms with Crippen LogP contribution in [0.4, 0.5) is 14.6 Å². The molecule has 1 heterocycles. The van der Waals surface area contributed by atoms with Gasteiger partial charge in [0.05, 0.1) is 0 Å². The van der Waals surface area contributed by atoms with Crippen LogP contribution in [0.1, 0.15) is 25.3 Å². The van der Waals surface area contributed by atoms with Crippen LogP contribution in [0, 0.1) is 11.6 Å². The van der Waals surface area contributed by atoms with E-state index in [1.807, 2.05) is 13.8 Å². The lowest BCUT2D eigenvalue weighted by Gasteiger charge is -2.13. The van der Waals surface area contributed by atoms with Crippen molar-refractivity contribution in [3.8, 4) is 0 Å². The Labute approximate surface area is 97.6 Å². The van der Waals surface area contributed by atoms with Crippen LogP contribution in [0.3, 0.4) is 0 Å². The van der Waals surface area contributed by atoms with E-state index in [0.717, 1.165) is 11.6 Å². The monoisotopic (exact) mass is 237 g/mol. The number of fused-ring (bicyclic) bond motifs is 1. The van der Waals surface area contributed by atoms with Crippen LogP contribution in [0.2, 0.25) is 0 Å². The molecule has 2 rings (SSSR count). The average Bonchev–Trinajstić information content (AvgIpc) is 2.27. The molecule has 3 nitrogen and oxygen atoms in total. The minimum absolute atomic E-state index is 0.115. The van der Waals surface area contributed by atoms with Crippen molar-refractivity contribution in [2.24, 2.45) is 5.84 Å². The van der Waals surface area contributed by atoms with Crippen molar-refractivity contribution < 1.29 is 8.78 Å². The maximum absolute atomic E-state index is 13.5. The Hall–Kier alpha value is -1.75. The lowest BCUT2D eigenvalue weighted by atomic mass is 10.0. The third-order valence-corrected chi connectivity index (χ3v) is 2.62. The van der Waals surface area contributed by atoms with Gasteiger partial charge in [-0.25, -0.2) is 19.6 Å². The summed E-state index contributed by atoms with van der Waals surface area (Å²) in [5, 5.41) is 0.435. The Morgan fingerprint density at radius 3 is 2.53 bits per heavy atom. The van der Waals surface area contributed by atoms with Gasteiger partial charge in [0, 0.05) is 11.5 Å². The smallest absolute Gasteiger partial charge is 0.152 e. The number of nitrogens with one attached hydrogen (secondary N) is 1. The van der Waals surface area contributed by atoms with Gasteiger partial charge in [-0.3, -0.25) is 0 Å². The Bertz CT molecular complexity index is 567. The molecule has 0 spiro atoms. The molecule has 1 aromatic carbocycles. The molecule has 3 N–H and O–H groups in total. The third-order valence-electron chi connectivity index (χ3n) is 2.62. The number of nitrogen functional groups attached to an aromatic ring is 1. The molecule has 17 heavy (non-hydrogen) atoms. The zero-order valence-corrected chi connectivity index (χ0v) is 9.59. The summed E-state index contributed by atoms with van der Waals surface area (Å²) in [6, 6.07) is 3.77. The molecule has 0 fully saturated rings. The molecule has 0 aliphatic heterocycles. The molecular weight excluding hydrogens is 224 g/mol. The number of hydrazine groups is 1. The number of nitrogens with zero attached hydrogens (tertiary/aromatic N) is 1. The van der Waals surface area contributed by atoms with Crippen LogP contribution in [0.15, 0.2) is 18.2 Å². The van der Waals surface area contributed by atoms with E-state index in [-0.39, 0.29) is 11.4 Å². The van der Waals surface area contributed by atoms with Crippen molar-refractivity contribution >= 4 is 16.7 Å². The van der Waals surface area contributed by atoms with Gasteiger partial charge in [-0.2, -0.15) is 0 Å². The Morgan fingerprint density at radius 1 is 1.24 bits per heavy atom. The first-order chi connectivity index (χ1) is 8.02. The van der Waals surface area contributed by atoms with Crippen molar-refractivity contribution in [2.45, 2.75) is 19.8 Å². The first kappa shape index (κ1) is 11.7. The summed E-state index contributed by atoms with van der Waals surface area (Å²) in [5.74, 6) is 4.62. The average molecular weight is 237 g/mol. The van der Waals surface area contributed by atoms with E-state index in [9.17, 15) is 8.78 Å². The Balaban J connectivity index is 2.78. The van der Waals surface area contributed by atoms with Gasteiger partial charge in [-0.05, 0) is 23.6 Å². The summed E-state index contributed by atoms with van der Waals surface area (Å²) in [6.45, 7) is 3.92. The molecule has 0 amide bonds. The molecule has 0 aliphatic rings. The van der Waals surface area contributed by atoms with Crippen molar-refractivity contribution in [3.63, 3.8) is 0 Å². The number of halogens is 2. The SMILES string of the molecule is CC(C)c1cc2cc(F)cc(F)c2nc1NN. The largest absolute Gasteiger partial charge is 0.308 e. The van der Waals surface area contributed by atoms with E-state index in [1.165, 1.54) is 6.07 Å². The first-order valence-corrected chi connectivity index (χ1v) is 5.29. The molecule has 90 valence electrons. The van der Waals surface area contributed by atoms with Gasteiger partial charge in [-0.1, -0.05) is 13.8 Å². The molecule has 1 aromatic heterocycles. The number of rotatable bonds is 2. The van der Waals surface area contributed by atoms with Crippen LogP contribution in [-0.4, -0.2) is 4.98 Å². The van der Waals surface area contributed by atoms with E-state index < -0.39 is 11.6 Å². The fourth-order valence-corrected chi connectivity index (χ4v) is 1.78. The molecule has 0 radical (unpaired) electrons. The molecule has 0 bridgehead atoms. The van der Waals surface area contributed by atoms with Gasteiger partial charge in [0.25, 0.3) is 0 Å². The maximum atomic E-state index is 13.5. The van der Waals surface area contributed by atoms with E-state index in [1.54, 1.807) is 6.07 Å². The second kappa shape index (κ2) is 4.25. The van der Waals surface area contributed by atoms with E-state index >= 15 is 0 Å². The minimum Gasteiger partial charge on any atom is -0.308 e. The third kappa shape index (κ3) is 2.06. The van der Waals surface area contributed by atoms with Gasteiger partial charge < -0.3 is 5.43 Å². The number of hydrogen-bond acceptors (Lipinski definition) is 3. The van der Waals surface area contributed by atoms with Gasteiger partial charge in [0.1, 0.15) is 17.2 Å². The van der Waals surface area contributed by atoms with Crippen LogP contribution in [0.25, 0.3) is 10.9 Å². The summed E-state index contributed by atoms with van der Waals surface area (Å²) in [4.78, 5) is 4.08. The fraction of sp³-hybridized carbons (Fsp3) is 0.250. The molecular formula is C12H13F2N3.